The fourth-order valence-corrected chi connectivity index (χ4v) is 5.56. The summed E-state index contributed by atoms with van der Waals surface area (Å²) in [4.78, 5) is 4.97. The molecule has 8 aromatic rings. The first kappa shape index (κ1) is 21.0. The van der Waals surface area contributed by atoms with Gasteiger partial charge in [-0.3, -0.25) is 4.57 Å². The molecule has 0 saturated heterocycles. The molecular weight excluding hydrogens is 464 g/mol. The van der Waals surface area contributed by atoms with E-state index in [9.17, 15) is 0 Å². The van der Waals surface area contributed by atoms with E-state index < -0.39 is 0 Å². The van der Waals surface area contributed by atoms with Gasteiger partial charge in [0.1, 0.15) is 17.0 Å². The van der Waals surface area contributed by atoms with E-state index in [-0.39, 0.29) is 0 Å². The first-order chi connectivity index (χ1) is 18.8. The minimum atomic E-state index is 0.911. The van der Waals surface area contributed by atoms with E-state index in [1.54, 1.807) is 0 Å². The molecule has 0 aliphatic heterocycles. The van der Waals surface area contributed by atoms with Crippen molar-refractivity contribution in [1.29, 1.82) is 0 Å². The summed E-state index contributed by atoms with van der Waals surface area (Å²) in [6.07, 6.45) is 0. The molecule has 0 bridgehead atoms. The van der Waals surface area contributed by atoms with Crippen LogP contribution in [0.4, 0.5) is 0 Å². The predicted molar refractivity (Wildman–Crippen MR) is 157 cm³/mol. The van der Waals surface area contributed by atoms with Crippen molar-refractivity contribution in [2.45, 2.75) is 0 Å². The molecule has 0 saturated carbocycles. The second-order valence-electron chi connectivity index (χ2n) is 9.65. The van der Waals surface area contributed by atoms with Crippen molar-refractivity contribution in [3.05, 3.63) is 133 Å². The Kier molecular flexibility index (Phi) is 4.52. The number of aromatic nitrogens is 2. The lowest BCUT2D eigenvalue weighted by atomic mass is 10.0. The highest BCUT2D eigenvalue weighted by Gasteiger charge is 2.15. The average molecular weight is 487 g/mol. The molecule has 3 nitrogen and oxygen atoms in total. The van der Waals surface area contributed by atoms with E-state index in [1.165, 1.54) is 10.9 Å². The lowest BCUT2D eigenvalue weighted by molar-refractivity contribution is 0.672. The second-order valence-corrected chi connectivity index (χ2v) is 9.65. The highest BCUT2D eigenvalue weighted by molar-refractivity contribution is 6.15. The van der Waals surface area contributed by atoms with Gasteiger partial charge in [-0.05, 0) is 59.0 Å². The fraction of sp³-hybridized carbons (Fsp3) is 0. The van der Waals surface area contributed by atoms with Crippen LogP contribution in [0, 0.1) is 0 Å². The third kappa shape index (κ3) is 3.19. The summed E-state index contributed by atoms with van der Waals surface area (Å²) in [7, 11) is 0. The standard InChI is InChI=1S/C35H22N2O/c1-2-9-25(10-3-1)35-36-31-12-6-7-13-32(31)37(35)27-18-14-23(15-19-27)26-17-21-33-30(22-26)29-20-16-24-8-4-5-11-28(24)34(29)38-33/h1-22H. The summed E-state index contributed by atoms with van der Waals surface area (Å²) in [6, 6.07) is 46.6. The Hall–Kier alpha value is -5.15. The Morgan fingerprint density at radius 2 is 1.29 bits per heavy atom. The van der Waals surface area contributed by atoms with Gasteiger partial charge < -0.3 is 4.42 Å². The number of fused-ring (bicyclic) bond motifs is 6. The van der Waals surface area contributed by atoms with E-state index in [2.05, 4.69) is 126 Å². The van der Waals surface area contributed by atoms with E-state index in [4.69, 9.17) is 9.40 Å². The maximum Gasteiger partial charge on any atom is 0.145 e. The number of benzene rings is 6. The van der Waals surface area contributed by atoms with Crippen LogP contribution in [0.15, 0.2) is 138 Å². The fourth-order valence-electron chi connectivity index (χ4n) is 5.56. The molecule has 0 aliphatic rings. The van der Waals surface area contributed by atoms with Crippen LogP contribution in [-0.4, -0.2) is 9.55 Å². The van der Waals surface area contributed by atoms with E-state index in [1.807, 2.05) is 12.1 Å². The van der Waals surface area contributed by atoms with Crippen LogP contribution >= 0.6 is 0 Å². The topological polar surface area (TPSA) is 31.0 Å². The van der Waals surface area contributed by atoms with Crippen LogP contribution in [-0.2, 0) is 0 Å². The third-order valence-electron chi connectivity index (χ3n) is 7.41. The molecule has 0 unspecified atom stereocenters. The Balaban J connectivity index is 1.25. The van der Waals surface area contributed by atoms with Crippen LogP contribution in [0.1, 0.15) is 0 Å². The molecule has 2 heterocycles. The number of hydrogen-bond donors (Lipinski definition) is 0. The van der Waals surface area contributed by atoms with Gasteiger partial charge in [-0.25, -0.2) is 4.98 Å². The number of nitrogens with zero attached hydrogens (tertiary/aromatic N) is 2. The summed E-state index contributed by atoms with van der Waals surface area (Å²) < 4.78 is 8.55. The first-order valence-corrected chi connectivity index (χ1v) is 12.8. The van der Waals surface area contributed by atoms with Crippen LogP contribution < -0.4 is 0 Å². The van der Waals surface area contributed by atoms with Gasteiger partial charge in [-0.1, -0.05) is 91.0 Å². The SMILES string of the molecule is c1ccc(-c2nc3ccccc3n2-c2ccc(-c3ccc4oc5c6ccccc6ccc5c4c3)cc2)cc1. The average Bonchev–Trinajstić information content (AvgIpc) is 3.56. The van der Waals surface area contributed by atoms with Gasteiger partial charge in [0.25, 0.3) is 0 Å². The van der Waals surface area contributed by atoms with E-state index in [0.717, 1.165) is 61.0 Å². The zero-order chi connectivity index (χ0) is 25.1. The van der Waals surface area contributed by atoms with Crippen molar-refractivity contribution in [2.75, 3.05) is 0 Å². The molecule has 0 N–H and O–H groups in total. The van der Waals surface area contributed by atoms with Gasteiger partial charge in [0.05, 0.1) is 11.0 Å². The molecule has 0 spiro atoms. The van der Waals surface area contributed by atoms with Crippen molar-refractivity contribution in [3.63, 3.8) is 0 Å². The minimum absolute atomic E-state index is 0.911. The Morgan fingerprint density at radius 3 is 2.18 bits per heavy atom. The van der Waals surface area contributed by atoms with Crippen LogP contribution in [0.3, 0.4) is 0 Å². The molecule has 2 aromatic heterocycles. The van der Waals surface area contributed by atoms with Gasteiger partial charge >= 0.3 is 0 Å². The third-order valence-corrected chi connectivity index (χ3v) is 7.41. The van der Waals surface area contributed by atoms with Gasteiger partial charge in [0.15, 0.2) is 0 Å². The molecule has 6 aromatic carbocycles. The second kappa shape index (κ2) is 8.19. The molecule has 0 atom stereocenters. The van der Waals surface area contributed by atoms with Crippen molar-refractivity contribution in [1.82, 2.24) is 9.55 Å². The summed E-state index contributed by atoms with van der Waals surface area (Å²) in [6.45, 7) is 0. The smallest absolute Gasteiger partial charge is 0.145 e. The number of furan rings is 1. The molecular formula is C35H22N2O. The van der Waals surface area contributed by atoms with Crippen molar-refractivity contribution < 1.29 is 4.42 Å². The van der Waals surface area contributed by atoms with Crippen molar-refractivity contribution >= 4 is 43.7 Å². The predicted octanol–water partition coefficient (Wildman–Crippen LogP) is 9.41. The number of hydrogen-bond acceptors (Lipinski definition) is 2. The molecule has 0 aliphatic carbocycles. The van der Waals surface area contributed by atoms with E-state index >= 15 is 0 Å². The molecule has 0 fully saturated rings. The normalized spacial score (nSPS) is 11.7. The largest absolute Gasteiger partial charge is 0.455 e. The molecule has 178 valence electrons. The quantitative estimate of drug-likeness (QED) is 0.249. The number of rotatable bonds is 3. The van der Waals surface area contributed by atoms with Crippen LogP contribution in [0.25, 0.3) is 71.9 Å². The Bertz CT molecular complexity index is 2120. The van der Waals surface area contributed by atoms with Gasteiger partial charge in [-0.2, -0.15) is 0 Å². The lowest BCUT2D eigenvalue weighted by Gasteiger charge is -2.11. The van der Waals surface area contributed by atoms with Crippen LogP contribution in [0.2, 0.25) is 0 Å². The van der Waals surface area contributed by atoms with E-state index in [0.29, 0.717) is 0 Å². The maximum absolute atomic E-state index is 6.31. The van der Waals surface area contributed by atoms with Crippen molar-refractivity contribution in [3.8, 4) is 28.2 Å². The van der Waals surface area contributed by atoms with Gasteiger partial charge in [-0.15, -0.1) is 0 Å². The summed E-state index contributed by atoms with van der Waals surface area (Å²) in [5, 5.41) is 4.62. The minimum Gasteiger partial charge on any atom is -0.455 e. The Morgan fingerprint density at radius 1 is 0.526 bits per heavy atom. The summed E-state index contributed by atoms with van der Waals surface area (Å²) in [5.74, 6) is 0.943. The highest BCUT2D eigenvalue weighted by atomic mass is 16.3. The summed E-state index contributed by atoms with van der Waals surface area (Å²) >= 11 is 0. The zero-order valence-electron chi connectivity index (χ0n) is 20.5. The molecule has 3 heteroatoms. The molecule has 0 radical (unpaired) electrons. The zero-order valence-corrected chi connectivity index (χ0v) is 20.5. The summed E-state index contributed by atoms with van der Waals surface area (Å²) in [5.41, 5.74) is 8.45. The number of para-hydroxylation sites is 2. The maximum atomic E-state index is 6.31. The Labute approximate surface area is 219 Å². The lowest BCUT2D eigenvalue weighted by Crippen LogP contribution is -1.97. The highest BCUT2D eigenvalue weighted by Crippen LogP contribution is 2.36. The monoisotopic (exact) mass is 486 g/mol. The van der Waals surface area contributed by atoms with Crippen LogP contribution in [0.5, 0.6) is 0 Å². The first-order valence-electron chi connectivity index (χ1n) is 12.8. The van der Waals surface area contributed by atoms with Gasteiger partial charge in [0.2, 0.25) is 0 Å². The number of imidazole rings is 1. The molecule has 38 heavy (non-hydrogen) atoms. The molecule has 8 rings (SSSR count). The van der Waals surface area contributed by atoms with Crippen molar-refractivity contribution in [2.24, 2.45) is 0 Å². The van der Waals surface area contributed by atoms with Gasteiger partial charge in [0, 0.05) is 27.4 Å². The molecule has 0 amide bonds.